The molecule has 0 saturated carbocycles. The number of aliphatic hydroxyl groups is 2. The fourth-order valence-corrected chi connectivity index (χ4v) is 9.86. The minimum atomic E-state index is -2.05. The first-order chi connectivity index (χ1) is 36.0. The van der Waals surface area contributed by atoms with Crippen LogP contribution >= 0.6 is 0 Å². The molecule has 2 aromatic heterocycles. The number of ether oxygens (including phenoxy) is 2. The number of hydrogen-bond acceptors (Lipinski definition) is 14. The molecular weight excluding hydrogens is 978 g/mol. The molecule has 4 atom stereocenters. The average molecular weight is 1040 g/mol. The molecular formula is C52H58FN9O13. The van der Waals surface area contributed by atoms with E-state index in [0.29, 0.717) is 83.2 Å². The van der Waals surface area contributed by atoms with Crippen LogP contribution in [-0.4, -0.2) is 124 Å². The molecule has 22 nitrogen and oxygen atoms in total. The van der Waals surface area contributed by atoms with Gasteiger partial charge in [0.2, 0.25) is 41.4 Å². The summed E-state index contributed by atoms with van der Waals surface area (Å²) in [4.78, 5) is 122. The Morgan fingerprint density at radius 3 is 2.39 bits per heavy atom. The number of carbonyl (C=O) groups is 8. The second-order valence-corrected chi connectivity index (χ2v) is 18.8. The van der Waals surface area contributed by atoms with Gasteiger partial charge in [-0.1, -0.05) is 43.7 Å². The van der Waals surface area contributed by atoms with E-state index < -0.39 is 104 Å². The maximum absolute atomic E-state index is 15.4. The van der Waals surface area contributed by atoms with Crippen molar-refractivity contribution >= 4 is 58.2 Å². The Morgan fingerprint density at radius 1 is 0.907 bits per heavy atom. The zero-order chi connectivity index (χ0) is 53.6. The number of aryl methyl sites for hydroxylation is 1. The molecule has 0 fully saturated rings. The van der Waals surface area contributed by atoms with Crippen molar-refractivity contribution in [1.29, 1.82) is 0 Å². The third kappa shape index (κ3) is 11.7. The summed E-state index contributed by atoms with van der Waals surface area (Å²) in [5.41, 5.74) is 1.85. The van der Waals surface area contributed by atoms with Crippen molar-refractivity contribution in [3.63, 3.8) is 0 Å². The smallest absolute Gasteiger partial charge is 0.343 e. The van der Waals surface area contributed by atoms with Gasteiger partial charge in [0, 0.05) is 48.0 Å². The number of esters is 1. The summed E-state index contributed by atoms with van der Waals surface area (Å²) in [5.74, 6) is -5.28. The number of carbonyl (C=O) groups excluding carboxylic acids is 8. The predicted molar refractivity (Wildman–Crippen MR) is 264 cm³/mol. The van der Waals surface area contributed by atoms with Gasteiger partial charge in [-0.2, -0.15) is 0 Å². The summed E-state index contributed by atoms with van der Waals surface area (Å²) >= 11 is 0. The van der Waals surface area contributed by atoms with Crippen molar-refractivity contribution in [2.45, 2.75) is 102 Å². The zero-order valence-corrected chi connectivity index (χ0v) is 41.3. The van der Waals surface area contributed by atoms with Gasteiger partial charge in [0.15, 0.2) is 5.60 Å². The second kappa shape index (κ2) is 23.1. The van der Waals surface area contributed by atoms with Gasteiger partial charge >= 0.3 is 5.97 Å². The number of halogens is 1. The van der Waals surface area contributed by atoms with Crippen LogP contribution in [0.1, 0.15) is 90.4 Å². The number of nitrogens with one attached hydrogen (secondary N) is 6. The van der Waals surface area contributed by atoms with Crippen LogP contribution in [-0.2, 0) is 79.4 Å². The number of unbranched alkanes of at least 4 members (excludes halogenated alkanes) is 2. The first-order valence-corrected chi connectivity index (χ1v) is 24.7. The summed E-state index contributed by atoms with van der Waals surface area (Å²) in [7, 11) is 0. The molecule has 5 heterocycles. The molecule has 8 N–H and O–H groups in total. The van der Waals surface area contributed by atoms with Gasteiger partial charge in [0.25, 0.3) is 5.56 Å². The molecule has 0 radical (unpaired) electrons. The Hall–Kier alpha value is -7.89. The fraction of sp³-hybridized carbons (Fsp3) is 0.423. The largest absolute Gasteiger partial charge is 0.458 e. The van der Waals surface area contributed by atoms with E-state index in [-0.39, 0.29) is 55.4 Å². The summed E-state index contributed by atoms with van der Waals surface area (Å²) in [5, 5.41) is 37.2. The molecule has 0 spiro atoms. The number of hydrogen-bond donors (Lipinski definition) is 8. The molecule has 0 bridgehead atoms. The van der Waals surface area contributed by atoms with Crippen LogP contribution in [0.3, 0.4) is 0 Å². The lowest BCUT2D eigenvalue weighted by molar-refractivity contribution is -0.172. The Labute approximate surface area is 428 Å². The number of rotatable bonds is 22. The number of fused-ring (bicyclic) bond motifs is 5. The predicted octanol–water partition coefficient (Wildman–Crippen LogP) is 0.0742. The molecule has 1 unspecified atom stereocenters. The number of nitrogens with zero attached hydrogens (tertiary/aromatic N) is 3. The number of aromatic nitrogens is 2. The highest BCUT2D eigenvalue weighted by Crippen LogP contribution is 2.46. The SMILES string of the molecule is CC[C@@]1(O)C(=O)OCc2c1cc1n(c2=O)Cc2c-1nc1cc(F)c(C)c3c1c2[C@@H](NC(=O)COCNC(=O)CNC(=O)[C@H](Cc1ccccc1)NC(=O)CNC(=O)CNC(=O)CCCCCN1C(=O)C=CC1O)CC3. The standard InChI is InChI=1S/C52H58FN9O13/c1-3-52(73)33-19-38-48-31(24-62(38)50(71)32(33)25-75-51(52)72)47-35(14-13-30-28(2)34(53)20-36(60-48)46(30)47)58-43(67)26-74-27-57-41(65)22-56-49(70)37(18-29-10-6-4-7-11-29)59-42(66)23-55-40(64)21-54-39(63)12-8-5-9-17-61-44(68)15-16-45(61)69/h4,6-7,10-11,15-16,19-20,35,37,44,68,73H,3,5,8-9,12-14,17-18,21-27H2,1-2H3,(H,54,63)(H,55,64)(H,56,70)(H,57,65)(H,58,67)(H,59,66)/t35-,37-,44?,52-/m0/s1. The Morgan fingerprint density at radius 2 is 1.64 bits per heavy atom. The van der Waals surface area contributed by atoms with Crippen molar-refractivity contribution in [1.82, 2.24) is 46.4 Å². The second-order valence-electron chi connectivity index (χ2n) is 18.8. The van der Waals surface area contributed by atoms with Crippen LogP contribution < -0.4 is 37.5 Å². The van der Waals surface area contributed by atoms with E-state index in [1.54, 1.807) is 50.2 Å². The molecule has 4 aliphatic rings. The maximum atomic E-state index is 15.4. The monoisotopic (exact) mass is 1040 g/mol. The number of amides is 7. The topological polar surface area (TPSA) is 306 Å². The van der Waals surface area contributed by atoms with E-state index in [9.17, 15) is 53.4 Å². The van der Waals surface area contributed by atoms with Crippen molar-refractivity contribution < 1.29 is 62.4 Å². The summed E-state index contributed by atoms with van der Waals surface area (Å²) in [6.07, 6.45) is 4.33. The van der Waals surface area contributed by atoms with Gasteiger partial charge in [0.1, 0.15) is 38.0 Å². The van der Waals surface area contributed by atoms with Crippen molar-refractivity contribution in [3.05, 3.63) is 110 Å². The van der Waals surface area contributed by atoms with Crippen molar-refractivity contribution in [2.24, 2.45) is 0 Å². The van der Waals surface area contributed by atoms with E-state index in [4.69, 9.17) is 14.5 Å². The Kier molecular flexibility index (Phi) is 16.5. The molecule has 1 aliphatic carbocycles. The summed E-state index contributed by atoms with van der Waals surface area (Å²) < 4.78 is 27.5. The van der Waals surface area contributed by atoms with E-state index in [0.717, 1.165) is 5.56 Å². The third-order valence-electron chi connectivity index (χ3n) is 13.9. The lowest BCUT2D eigenvalue weighted by Crippen LogP contribution is -2.52. The quantitative estimate of drug-likeness (QED) is 0.0259. The van der Waals surface area contributed by atoms with E-state index in [1.165, 1.54) is 27.7 Å². The van der Waals surface area contributed by atoms with Crippen LogP contribution in [0.15, 0.2) is 59.4 Å². The lowest BCUT2D eigenvalue weighted by atomic mass is 9.81. The van der Waals surface area contributed by atoms with Gasteiger partial charge in [0.05, 0.1) is 54.7 Å². The molecule has 7 amide bonds. The molecule has 4 aromatic rings. The summed E-state index contributed by atoms with van der Waals surface area (Å²) in [6, 6.07) is 9.85. The number of pyridine rings is 2. The van der Waals surface area contributed by atoms with Gasteiger partial charge < -0.3 is 61.1 Å². The maximum Gasteiger partial charge on any atom is 0.343 e. The number of aliphatic hydroxyl groups excluding tert-OH is 1. The van der Waals surface area contributed by atoms with Gasteiger partial charge in [-0.25, -0.2) is 14.2 Å². The molecule has 8 rings (SSSR count). The Balaban J connectivity index is 0.804. The summed E-state index contributed by atoms with van der Waals surface area (Å²) in [6.45, 7) is 1.01. The third-order valence-corrected chi connectivity index (χ3v) is 13.9. The normalized spacial score (nSPS) is 18.3. The van der Waals surface area contributed by atoms with Crippen LogP contribution in [0.5, 0.6) is 0 Å². The molecule has 0 saturated heterocycles. The molecule has 2 aromatic carbocycles. The molecule has 23 heteroatoms. The minimum absolute atomic E-state index is 0.0408. The van der Waals surface area contributed by atoms with Crippen LogP contribution in [0, 0.1) is 12.7 Å². The highest BCUT2D eigenvalue weighted by molar-refractivity contribution is 5.95. The zero-order valence-electron chi connectivity index (χ0n) is 41.3. The van der Waals surface area contributed by atoms with Crippen molar-refractivity contribution in [3.8, 4) is 11.4 Å². The Bertz CT molecular complexity index is 3050. The number of benzene rings is 2. The first kappa shape index (κ1) is 53.4. The minimum Gasteiger partial charge on any atom is -0.458 e. The van der Waals surface area contributed by atoms with E-state index >= 15 is 4.39 Å². The molecule has 75 heavy (non-hydrogen) atoms. The highest BCUT2D eigenvalue weighted by Gasteiger charge is 2.46. The van der Waals surface area contributed by atoms with Crippen molar-refractivity contribution in [2.75, 3.05) is 39.5 Å². The average Bonchev–Trinajstić information content (AvgIpc) is 3.98. The van der Waals surface area contributed by atoms with Crippen LogP contribution in [0.25, 0.3) is 22.3 Å². The van der Waals surface area contributed by atoms with E-state index in [1.807, 2.05) is 0 Å². The molecule has 3 aliphatic heterocycles. The lowest BCUT2D eigenvalue weighted by Gasteiger charge is -2.31. The van der Waals surface area contributed by atoms with Gasteiger partial charge in [-0.3, -0.25) is 38.4 Å². The van der Waals surface area contributed by atoms with Gasteiger partial charge in [-0.05, 0) is 73.4 Å². The highest BCUT2D eigenvalue weighted by atomic mass is 19.1. The fourth-order valence-electron chi connectivity index (χ4n) is 9.86. The van der Waals surface area contributed by atoms with Gasteiger partial charge in [-0.15, -0.1) is 0 Å². The van der Waals surface area contributed by atoms with Crippen LogP contribution in [0.4, 0.5) is 4.39 Å². The number of cyclic esters (lactones) is 1. The molecule has 396 valence electrons. The van der Waals surface area contributed by atoms with E-state index in [2.05, 4.69) is 31.9 Å². The van der Waals surface area contributed by atoms with Crippen LogP contribution in [0.2, 0.25) is 0 Å². The first-order valence-electron chi connectivity index (χ1n) is 24.7.